The van der Waals surface area contributed by atoms with Crippen LogP contribution in [0.25, 0.3) is 0 Å². The van der Waals surface area contributed by atoms with Gasteiger partial charge in [0.1, 0.15) is 0 Å². The van der Waals surface area contributed by atoms with E-state index in [4.69, 9.17) is 10.5 Å². The van der Waals surface area contributed by atoms with Gasteiger partial charge in [-0.1, -0.05) is 6.92 Å². The van der Waals surface area contributed by atoms with Gasteiger partial charge in [0, 0.05) is 19.2 Å². The lowest BCUT2D eigenvalue weighted by Gasteiger charge is -2.11. The van der Waals surface area contributed by atoms with Crippen molar-refractivity contribution in [2.75, 3.05) is 13.2 Å². The molecule has 0 amide bonds. The van der Waals surface area contributed by atoms with Gasteiger partial charge in [-0.05, 0) is 40.0 Å². The van der Waals surface area contributed by atoms with Crippen LogP contribution in [0.4, 0.5) is 0 Å². The largest absolute Gasteiger partial charge is 0.379 e. The van der Waals surface area contributed by atoms with Gasteiger partial charge in [-0.3, -0.25) is 4.99 Å². The molecule has 1 atom stereocenters. The first-order valence-corrected chi connectivity index (χ1v) is 6.24. The van der Waals surface area contributed by atoms with Gasteiger partial charge in [-0.25, -0.2) is 0 Å². The maximum absolute atomic E-state index is 5.72. The van der Waals surface area contributed by atoms with Crippen molar-refractivity contribution in [3.05, 3.63) is 0 Å². The van der Waals surface area contributed by atoms with E-state index in [9.17, 15) is 0 Å². The van der Waals surface area contributed by atoms with E-state index in [0.717, 1.165) is 32.4 Å². The fourth-order valence-electron chi connectivity index (χ4n) is 1.13. The molecule has 1 unspecified atom stereocenters. The quantitative estimate of drug-likeness (QED) is 0.304. The molecule has 5 heteroatoms. The number of unbranched alkanes of at least 4 members (excludes halogenated alkanes) is 1. The lowest BCUT2D eigenvalue weighted by molar-refractivity contribution is 0.0764. The zero-order valence-corrected chi connectivity index (χ0v) is 13.9. The first-order chi connectivity index (χ1) is 7.56. The van der Waals surface area contributed by atoms with Crippen molar-refractivity contribution in [3.63, 3.8) is 0 Å². The zero-order chi connectivity index (χ0) is 12.4. The molecule has 0 aromatic carbocycles. The van der Waals surface area contributed by atoms with E-state index < -0.39 is 0 Å². The van der Waals surface area contributed by atoms with Crippen LogP contribution >= 0.6 is 24.0 Å². The molecule has 0 rings (SSSR count). The third-order valence-electron chi connectivity index (χ3n) is 2.29. The number of hydrogen-bond donors (Lipinski definition) is 2. The minimum atomic E-state index is 0. The smallest absolute Gasteiger partial charge is 0.188 e. The summed E-state index contributed by atoms with van der Waals surface area (Å²) in [6.07, 6.45) is 3.44. The molecular formula is C12H28IN3O. The Hall–Kier alpha value is -0.0400. The Labute approximate surface area is 123 Å². The molecule has 0 bridgehead atoms. The summed E-state index contributed by atoms with van der Waals surface area (Å²) in [6.45, 7) is 9.90. The van der Waals surface area contributed by atoms with Crippen molar-refractivity contribution in [1.29, 1.82) is 0 Å². The highest BCUT2D eigenvalue weighted by Gasteiger charge is 1.98. The van der Waals surface area contributed by atoms with E-state index in [0.29, 0.717) is 18.1 Å². The second kappa shape index (κ2) is 12.4. The van der Waals surface area contributed by atoms with E-state index in [-0.39, 0.29) is 24.0 Å². The number of rotatable bonds is 8. The molecule has 0 heterocycles. The van der Waals surface area contributed by atoms with Gasteiger partial charge in [0.15, 0.2) is 5.96 Å². The van der Waals surface area contributed by atoms with Gasteiger partial charge in [0.2, 0.25) is 0 Å². The molecule has 0 saturated heterocycles. The van der Waals surface area contributed by atoms with Crippen LogP contribution < -0.4 is 11.1 Å². The third-order valence-corrected chi connectivity index (χ3v) is 2.29. The van der Waals surface area contributed by atoms with Crippen LogP contribution in [0.2, 0.25) is 0 Å². The van der Waals surface area contributed by atoms with Crippen LogP contribution in [0.15, 0.2) is 4.99 Å². The maximum Gasteiger partial charge on any atom is 0.188 e. The second-order valence-electron chi connectivity index (χ2n) is 4.35. The number of halogens is 1. The summed E-state index contributed by atoms with van der Waals surface area (Å²) in [6, 6.07) is 0.396. The Morgan fingerprint density at radius 3 is 2.47 bits per heavy atom. The van der Waals surface area contributed by atoms with E-state index in [1.807, 2.05) is 13.8 Å². The minimum Gasteiger partial charge on any atom is -0.379 e. The summed E-state index contributed by atoms with van der Waals surface area (Å²) in [5.74, 6) is 0.555. The first-order valence-electron chi connectivity index (χ1n) is 6.24. The standard InChI is InChI=1S/C12H27N3O.HI/c1-5-11(4)15-12(13)14-8-6-7-9-16-10(2)3;/h10-11H,5-9H2,1-4H3,(H3,13,14,15);1H. The molecule has 4 nitrogen and oxygen atoms in total. The topological polar surface area (TPSA) is 59.6 Å². The number of aliphatic imine (C=N–C) groups is 1. The molecule has 17 heavy (non-hydrogen) atoms. The van der Waals surface area contributed by atoms with Crippen molar-refractivity contribution in [3.8, 4) is 0 Å². The first kappa shape index (κ1) is 19.3. The van der Waals surface area contributed by atoms with E-state index in [2.05, 4.69) is 24.2 Å². The normalized spacial score (nSPS) is 13.4. The molecule has 0 aromatic heterocycles. The highest BCUT2D eigenvalue weighted by molar-refractivity contribution is 14.0. The molecular weight excluding hydrogens is 329 g/mol. The van der Waals surface area contributed by atoms with Crippen molar-refractivity contribution in [2.45, 2.75) is 59.1 Å². The Bertz CT molecular complexity index is 198. The Morgan fingerprint density at radius 1 is 1.29 bits per heavy atom. The van der Waals surface area contributed by atoms with Crippen LogP contribution in [-0.2, 0) is 4.74 Å². The summed E-state index contributed by atoms with van der Waals surface area (Å²) in [5.41, 5.74) is 5.72. The minimum absolute atomic E-state index is 0. The van der Waals surface area contributed by atoms with Crippen LogP contribution in [0.3, 0.4) is 0 Å². The molecule has 0 aliphatic carbocycles. The van der Waals surface area contributed by atoms with Gasteiger partial charge in [-0.15, -0.1) is 24.0 Å². The number of nitrogens with one attached hydrogen (secondary N) is 1. The maximum atomic E-state index is 5.72. The number of guanidine groups is 1. The average molecular weight is 357 g/mol. The summed E-state index contributed by atoms with van der Waals surface area (Å²) < 4.78 is 5.44. The lowest BCUT2D eigenvalue weighted by atomic mass is 10.3. The van der Waals surface area contributed by atoms with Gasteiger partial charge >= 0.3 is 0 Å². The van der Waals surface area contributed by atoms with Crippen molar-refractivity contribution in [1.82, 2.24) is 5.32 Å². The van der Waals surface area contributed by atoms with Crippen molar-refractivity contribution in [2.24, 2.45) is 10.7 Å². The number of ether oxygens (including phenoxy) is 1. The highest BCUT2D eigenvalue weighted by Crippen LogP contribution is 1.95. The van der Waals surface area contributed by atoms with Gasteiger partial charge in [0.05, 0.1) is 6.10 Å². The van der Waals surface area contributed by atoms with Gasteiger partial charge in [0.25, 0.3) is 0 Å². The summed E-state index contributed by atoms with van der Waals surface area (Å²) >= 11 is 0. The molecule has 3 N–H and O–H groups in total. The molecule has 0 spiro atoms. The van der Waals surface area contributed by atoms with Crippen LogP contribution in [-0.4, -0.2) is 31.3 Å². The molecule has 0 fully saturated rings. The fraction of sp³-hybridized carbons (Fsp3) is 0.917. The third kappa shape index (κ3) is 13.9. The number of nitrogens with zero attached hydrogens (tertiary/aromatic N) is 1. The zero-order valence-electron chi connectivity index (χ0n) is 11.5. The average Bonchev–Trinajstić information content (AvgIpc) is 2.22. The summed E-state index contributed by atoms with van der Waals surface area (Å²) in [4.78, 5) is 4.26. The molecule has 0 saturated carbocycles. The van der Waals surface area contributed by atoms with Crippen LogP contribution in [0.5, 0.6) is 0 Å². The predicted molar refractivity (Wildman–Crippen MR) is 85.1 cm³/mol. The number of hydrogen-bond acceptors (Lipinski definition) is 2. The fourth-order valence-corrected chi connectivity index (χ4v) is 1.13. The van der Waals surface area contributed by atoms with E-state index >= 15 is 0 Å². The Morgan fingerprint density at radius 2 is 1.94 bits per heavy atom. The molecule has 0 aromatic rings. The Balaban J connectivity index is 0. The highest BCUT2D eigenvalue weighted by atomic mass is 127. The van der Waals surface area contributed by atoms with Crippen molar-refractivity contribution < 1.29 is 4.74 Å². The number of nitrogens with two attached hydrogens (primary N) is 1. The lowest BCUT2D eigenvalue weighted by Crippen LogP contribution is -2.38. The van der Waals surface area contributed by atoms with Gasteiger partial charge in [-0.2, -0.15) is 0 Å². The Kier molecular flexibility index (Phi) is 14.1. The SMILES string of the molecule is CCC(C)NC(N)=NCCCCOC(C)C.I. The van der Waals surface area contributed by atoms with Crippen LogP contribution in [0.1, 0.15) is 47.0 Å². The predicted octanol–water partition coefficient (Wildman–Crippen LogP) is 2.51. The second-order valence-corrected chi connectivity index (χ2v) is 4.35. The van der Waals surface area contributed by atoms with Crippen molar-refractivity contribution >= 4 is 29.9 Å². The molecule has 0 radical (unpaired) electrons. The molecule has 0 aliphatic heterocycles. The summed E-state index contributed by atoms with van der Waals surface area (Å²) in [7, 11) is 0. The molecule has 104 valence electrons. The van der Waals surface area contributed by atoms with E-state index in [1.165, 1.54) is 0 Å². The van der Waals surface area contributed by atoms with Gasteiger partial charge < -0.3 is 15.8 Å². The van der Waals surface area contributed by atoms with Crippen LogP contribution in [0, 0.1) is 0 Å². The monoisotopic (exact) mass is 357 g/mol. The summed E-state index contributed by atoms with van der Waals surface area (Å²) in [5, 5.41) is 3.14. The van der Waals surface area contributed by atoms with E-state index in [1.54, 1.807) is 0 Å². The molecule has 0 aliphatic rings.